The van der Waals surface area contributed by atoms with E-state index >= 15 is 0 Å². The quantitative estimate of drug-likeness (QED) is 0.144. The van der Waals surface area contributed by atoms with Gasteiger partial charge in [-0.3, -0.25) is 43.7 Å². The van der Waals surface area contributed by atoms with Crippen LogP contribution in [-0.4, -0.2) is 158 Å². The van der Waals surface area contributed by atoms with E-state index in [9.17, 15) is 48.3 Å². The number of ketones is 6. The Balaban J connectivity index is 0.000000161. The van der Waals surface area contributed by atoms with Crippen LogP contribution in [0.5, 0.6) is 0 Å². The first-order chi connectivity index (χ1) is 37.4. The lowest BCUT2D eigenvalue weighted by molar-refractivity contribution is -0.143. The summed E-state index contributed by atoms with van der Waals surface area (Å²) >= 11 is 0. The molecule has 8 heterocycles. The van der Waals surface area contributed by atoms with Gasteiger partial charge in [0.05, 0.1) is 59.8 Å². The highest BCUT2D eigenvalue weighted by atomic mass is 16.8. The summed E-state index contributed by atoms with van der Waals surface area (Å²) in [5, 5.41) is 35.7. The van der Waals surface area contributed by atoms with Gasteiger partial charge in [0, 0.05) is 18.6 Å². The van der Waals surface area contributed by atoms with Crippen LogP contribution in [0.15, 0.2) is 68.2 Å². The number of hydrogen-bond acceptors (Lipinski definition) is 24. The van der Waals surface area contributed by atoms with Crippen LogP contribution in [0.3, 0.4) is 0 Å². The summed E-state index contributed by atoms with van der Waals surface area (Å²) in [5.74, 6) is -7.88. The van der Waals surface area contributed by atoms with Crippen molar-refractivity contribution in [2.75, 3.05) is 39.6 Å². The normalized spacial score (nSPS) is 17.9. The summed E-state index contributed by atoms with van der Waals surface area (Å²) in [6.45, 7) is 11.3. The number of aromatic carboxylic acids is 1. The number of rotatable bonds is 9. The number of fused-ring (bicyclic) bond motifs is 6. The molecule has 5 aliphatic rings. The van der Waals surface area contributed by atoms with Gasteiger partial charge in [-0.25, -0.2) is 14.4 Å². The smallest absolute Gasteiger partial charge is 0.342 e. The minimum absolute atomic E-state index is 0. The summed E-state index contributed by atoms with van der Waals surface area (Å²) in [5.41, 5.74) is -0.701. The lowest BCUT2D eigenvalue weighted by atomic mass is 9.90. The average Bonchev–Trinajstić information content (AvgIpc) is 4.27. The molecule has 0 unspecified atom stereocenters. The fraction of sp³-hybridized carbons (Fsp3) is 0.345. The van der Waals surface area contributed by atoms with E-state index in [1.54, 1.807) is 19.9 Å². The van der Waals surface area contributed by atoms with E-state index < -0.39 is 89.6 Å². The van der Waals surface area contributed by atoms with Crippen molar-refractivity contribution >= 4 is 52.6 Å². The Morgan fingerprint density at radius 2 is 0.950 bits per heavy atom. The molecule has 80 heavy (non-hydrogen) atoms. The molecule has 2 aliphatic heterocycles. The van der Waals surface area contributed by atoms with Gasteiger partial charge in [-0.1, -0.05) is 7.43 Å². The molecule has 2 saturated heterocycles. The minimum atomic E-state index is -1.30. The van der Waals surface area contributed by atoms with E-state index in [1.807, 2.05) is 13.8 Å². The number of aliphatic hydroxyl groups excluding tert-OH is 3. The number of carboxylic acid groups (broad SMARTS) is 1. The number of aromatic nitrogens is 3. The lowest BCUT2D eigenvalue weighted by Crippen LogP contribution is -2.26. The second-order valence-electron chi connectivity index (χ2n) is 18.8. The molecule has 25 nitrogen and oxygen atoms in total. The predicted molar refractivity (Wildman–Crippen MR) is 268 cm³/mol. The van der Waals surface area contributed by atoms with Crippen molar-refractivity contribution in [3.63, 3.8) is 0 Å². The summed E-state index contributed by atoms with van der Waals surface area (Å²) in [7, 11) is 0. The maximum absolute atomic E-state index is 12.8. The first kappa shape index (κ1) is 59.1. The molecule has 0 saturated carbocycles. The molecule has 3 atom stereocenters. The van der Waals surface area contributed by atoms with Crippen molar-refractivity contribution in [3.8, 4) is 0 Å². The average molecular weight is 1110 g/mol. The van der Waals surface area contributed by atoms with Gasteiger partial charge in [0.1, 0.15) is 82.6 Å². The number of furan rings is 3. The predicted octanol–water partition coefficient (Wildman–Crippen LogP) is 4.56. The van der Waals surface area contributed by atoms with Crippen LogP contribution in [0.4, 0.5) is 0 Å². The molecule has 11 rings (SSSR count). The second kappa shape index (κ2) is 23.4. The number of pyridine rings is 3. The number of aryl methyl sites for hydroxylation is 3. The van der Waals surface area contributed by atoms with Gasteiger partial charge in [0.25, 0.3) is 0 Å². The standard InChI is InChI=1S/C19H17NO7.C16H13NO7.C13H7NO5.C6H12O3.CH4/c1-9-12(18(23)24-7-10-8-25-19(2,3)27-10)13-16(22)14-11(5-4-6-20-14)15(21)17(13)26-9;1-7-10(16(22)23-6-8(19)5-18)11-14(21)12-9(3-2-4-17-12)13(20)15(11)24-7;1-5-7(13(17)18)8-11(16)9-6(3-2-4-14-9)10(15)12(8)19-5;1-6(2)8-4-5(3-7)9-6;/h4-6,10H,7-8H2,1-3H3;2-4,8,18-19H,5-6H2,1H3;2-4H,1H3,(H,17,18);5,7H,3-4H2,1-2H3;1H4/t10-;8-;;5-;/m01.0./s1. The maximum Gasteiger partial charge on any atom is 0.342 e. The third-order valence-corrected chi connectivity index (χ3v) is 12.3. The zero-order chi connectivity index (χ0) is 57.4. The highest BCUT2D eigenvalue weighted by Gasteiger charge is 2.43. The Morgan fingerprint density at radius 1 is 0.588 bits per heavy atom. The van der Waals surface area contributed by atoms with E-state index in [2.05, 4.69) is 15.0 Å². The first-order valence-corrected chi connectivity index (χ1v) is 24.0. The Hall–Kier alpha value is -8.56. The number of aliphatic hydroxyl groups is 3. The molecule has 6 aromatic rings. The number of carbonyl (C=O) groups is 9. The van der Waals surface area contributed by atoms with Crippen LogP contribution in [0.25, 0.3) is 0 Å². The zero-order valence-electron chi connectivity index (χ0n) is 43.1. The van der Waals surface area contributed by atoms with Crippen molar-refractivity contribution in [3.05, 3.63) is 157 Å². The van der Waals surface area contributed by atoms with Crippen molar-refractivity contribution in [1.29, 1.82) is 0 Å². The molecule has 4 N–H and O–H groups in total. The third kappa shape index (κ3) is 11.5. The van der Waals surface area contributed by atoms with E-state index in [4.69, 9.17) is 57.0 Å². The van der Waals surface area contributed by atoms with Crippen molar-refractivity contribution < 1.29 is 105 Å². The largest absolute Gasteiger partial charge is 0.478 e. The topological polar surface area (TPSA) is 368 Å². The number of esters is 2. The van der Waals surface area contributed by atoms with Gasteiger partial charge in [0.2, 0.25) is 34.7 Å². The highest BCUT2D eigenvalue weighted by Crippen LogP contribution is 2.36. The zero-order valence-corrected chi connectivity index (χ0v) is 43.1. The fourth-order valence-electron chi connectivity index (χ4n) is 8.78. The molecule has 0 spiro atoms. The molecule has 0 amide bonds. The summed E-state index contributed by atoms with van der Waals surface area (Å²) in [4.78, 5) is 123. The van der Waals surface area contributed by atoms with Crippen LogP contribution in [-0.2, 0) is 28.4 Å². The third-order valence-electron chi connectivity index (χ3n) is 12.3. The summed E-state index contributed by atoms with van der Waals surface area (Å²) < 4.78 is 47.5. The van der Waals surface area contributed by atoms with Gasteiger partial charge >= 0.3 is 17.9 Å². The van der Waals surface area contributed by atoms with Crippen LogP contribution in [0.2, 0.25) is 0 Å². The molecular weight excluding hydrogens is 1050 g/mol. The Bertz CT molecular complexity index is 3500. The van der Waals surface area contributed by atoms with Crippen LogP contribution in [0, 0.1) is 20.8 Å². The molecular formula is C55H53N3O22. The second-order valence-corrected chi connectivity index (χ2v) is 18.8. The van der Waals surface area contributed by atoms with Gasteiger partial charge < -0.3 is 62.1 Å². The molecule has 0 bridgehead atoms. The fourth-order valence-corrected chi connectivity index (χ4v) is 8.78. The number of hydrogen-bond donors (Lipinski definition) is 4. The summed E-state index contributed by atoms with van der Waals surface area (Å²) in [6, 6.07) is 9.04. The van der Waals surface area contributed by atoms with Gasteiger partial charge in [-0.05, 0) is 84.9 Å². The van der Waals surface area contributed by atoms with Gasteiger partial charge in [-0.15, -0.1) is 0 Å². The van der Waals surface area contributed by atoms with Crippen molar-refractivity contribution in [1.82, 2.24) is 15.0 Å². The Kier molecular flexibility index (Phi) is 17.3. The minimum Gasteiger partial charge on any atom is -0.478 e. The highest BCUT2D eigenvalue weighted by molar-refractivity contribution is 6.31. The number of nitrogens with zero attached hydrogens (tertiary/aromatic N) is 3. The van der Waals surface area contributed by atoms with Gasteiger partial charge in [0.15, 0.2) is 28.9 Å². The van der Waals surface area contributed by atoms with Crippen molar-refractivity contribution in [2.24, 2.45) is 0 Å². The molecule has 2 fully saturated rings. The molecule has 3 aliphatic carbocycles. The van der Waals surface area contributed by atoms with Crippen LogP contribution >= 0.6 is 0 Å². The SMILES string of the molecule is C.CC1(C)OC[C@H](CO)O1.Cc1oc2c(c1C(=O)O)C(=O)c1ncccc1C2=O.Cc1oc2c(c1C(=O)OC[C@H](O)CO)C(=O)c1ncccc1C2=O.Cc1oc2c(c1C(=O)OC[C@H]1COC(C)(C)O1)C(=O)c1ncccc1C2=O. The number of carboxylic acids is 1. The summed E-state index contributed by atoms with van der Waals surface area (Å²) in [6.07, 6.45) is 2.39. The lowest BCUT2D eigenvalue weighted by Gasteiger charge is -2.17. The molecule has 0 aromatic carbocycles. The van der Waals surface area contributed by atoms with E-state index in [0.717, 1.165) is 0 Å². The van der Waals surface area contributed by atoms with E-state index in [1.165, 1.54) is 69.7 Å². The molecule has 420 valence electrons. The molecule has 25 heteroatoms. The van der Waals surface area contributed by atoms with E-state index in [0.29, 0.717) is 6.61 Å². The maximum atomic E-state index is 12.8. The van der Waals surface area contributed by atoms with E-state index in [-0.39, 0.29) is 135 Å². The number of carbonyl (C=O) groups excluding carboxylic acids is 8. The molecule has 0 radical (unpaired) electrons. The van der Waals surface area contributed by atoms with Gasteiger partial charge in [-0.2, -0.15) is 0 Å². The van der Waals surface area contributed by atoms with Crippen molar-refractivity contribution in [2.45, 2.75) is 85.8 Å². The van der Waals surface area contributed by atoms with Crippen LogP contribution in [0.1, 0.15) is 180 Å². The Morgan fingerprint density at radius 3 is 1.29 bits per heavy atom. The monoisotopic (exact) mass is 1110 g/mol. The first-order valence-electron chi connectivity index (χ1n) is 24.0. The van der Waals surface area contributed by atoms with Crippen LogP contribution < -0.4 is 0 Å². The molecule has 6 aromatic heterocycles. The number of ether oxygens (including phenoxy) is 6. The Labute approximate surface area is 453 Å².